The first kappa shape index (κ1) is 16.2. The highest BCUT2D eigenvalue weighted by molar-refractivity contribution is 6.13. The molecule has 0 aliphatic heterocycles. The monoisotopic (exact) mass is 323 g/mol. The minimum atomic E-state index is -0.926. The summed E-state index contributed by atoms with van der Waals surface area (Å²) in [7, 11) is 0. The van der Waals surface area contributed by atoms with Crippen LogP contribution in [0.1, 0.15) is 29.5 Å². The maximum Gasteiger partial charge on any atom is 0.240 e. The molecule has 1 saturated carbocycles. The fourth-order valence-electron chi connectivity index (χ4n) is 2.83. The normalized spacial score (nSPS) is 14.8. The van der Waals surface area contributed by atoms with E-state index in [0.717, 1.165) is 22.4 Å². The number of nitrogens with zero attached hydrogens (tertiary/aromatic N) is 1. The van der Waals surface area contributed by atoms with Gasteiger partial charge in [-0.05, 0) is 67.6 Å². The van der Waals surface area contributed by atoms with Crippen LogP contribution in [-0.2, 0) is 16.1 Å². The highest BCUT2D eigenvalue weighted by Crippen LogP contribution is 2.47. The van der Waals surface area contributed by atoms with Crippen LogP contribution in [0.5, 0.6) is 0 Å². The number of aromatic nitrogens is 1. The number of amides is 2. The van der Waals surface area contributed by atoms with E-state index in [2.05, 4.69) is 15.6 Å². The Morgan fingerprint density at radius 2 is 1.67 bits per heavy atom. The molecular formula is C19H21N3O2. The third-order valence-electron chi connectivity index (χ3n) is 4.30. The first-order chi connectivity index (χ1) is 11.5. The van der Waals surface area contributed by atoms with Crippen molar-refractivity contribution in [2.45, 2.75) is 33.2 Å². The summed E-state index contributed by atoms with van der Waals surface area (Å²) in [5.74, 6) is -0.430. The molecule has 1 heterocycles. The zero-order valence-electron chi connectivity index (χ0n) is 13.9. The fraction of sp³-hybridized carbons (Fsp3) is 0.316. The van der Waals surface area contributed by atoms with Crippen molar-refractivity contribution in [3.8, 4) is 0 Å². The molecule has 5 heteroatoms. The number of nitrogens with one attached hydrogen (secondary N) is 2. The van der Waals surface area contributed by atoms with Gasteiger partial charge in [-0.25, -0.2) is 0 Å². The molecule has 1 aromatic carbocycles. The van der Waals surface area contributed by atoms with Crippen LogP contribution in [0.25, 0.3) is 0 Å². The zero-order chi connectivity index (χ0) is 17.2. The molecule has 0 spiro atoms. The Bertz CT molecular complexity index is 747. The molecule has 2 N–H and O–H groups in total. The van der Waals surface area contributed by atoms with Crippen molar-refractivity contribution in [2.75, 3.05) is 5.32 Å². The Morgan fingerprint density at radius 1 is 1.04 bits per heavy atom. The average Bonchev–Trinajstić information content (AvgIpc) is 3.34. The number of pyridine rings is 1. The van der Waals surface area contributed by atoms with Crippen molar-refractivity contribution in [3.63, 3.8) is 0 Å². The summed E-state index contributed by atoms with van der Waals surface area (Å²) in [5, 5.41) is 5.76. The van der Waals surface area contributed by atoms with E-state index in [4.69, 9.17) is 0 Å². The Balaban J connectivity index is 1.64. The molecule has 0 bridgehead atoms. The van der Waals surface area contributed by atoms with Crippen LogP contribution >= 0.6 is 0 Å². The fourth-order valence-corrected chi connectivity index (χ4v) is 2.83. The number of carbonyl (C=O) groups excluding carboxylic acids is 2. The number of benzene rings is 1. The van der Waals surface area contributed by atoms with Gasteiger partial charge >= 0.3 is 0 Å². The first-order valence-corrected chi connectivity index (χ1v) is 8.06. The highest BCUT2D eigenvalue weighted by atomic mass is 16.2. The second kappa shape index (κ2) is 6.43. The molecule has 0 radical (unpaired) electrons. The van der Waals surface area contributed by atoms with E-state index < -0.39 is 5.41 Å². The van der Waals surface area contributed by atoms with Crippen LogP contribution in [0, 0.1) is 19.3 Å². The molecule has 1 fully saturated rings. The largest absolute Gasteiger partial charge is 0.351 e. The van der Waals surface area contributed by atoms with Crippen LogP contribution in [0.15, 0.2) is 42.7 Å². The van der Waals surface area contributed by atoms with Gasteiger partial charge in [-0.1, -0.05) is 6.07 Å². The van der Waals surface area contributed by atoms with E-state index in [0.29, 0.717) is 19.4 Å². The van der Waals surface area contributed by atoms with Gasteiger partial charge in [0.15, 0.2) is 0 Å². The van der Waals surface area contributed by atoms with Gasteiger partial charge in [-0.3, -0.25) is 14.6 Å². The minimum Gasteiger partial charge on any atom is -0.351 e. The summed E-state index contributed by atoms with van der Waals surface area (Å²) in [5.41, 5.74) is 2.94. The highest BCUT2D eigenvalue weighted by Gasteiger charge is 2.56. The smallest absolute Gasteiger partial charge is 0.240 e. The van der Waals surface area contributed by atoms with Gasteiger partial charge in [-0.15, -0.1) is 0 Å². The Morgan fingerprint density at radius 3 is 2.25 bits per heavy atom. The van der Waals surface area contributed by atoms with Gasteiger partial charge in [-0.2, -0.15) is 0 Å². The Kier molecular flexibility index (Phi) is 4.34. The van der Waals surface area contributed by atoms with Gasteiger partial charge in [0.1, 0.15) is 5.41 Å². The SMILES string of the molecule is Cc1cc(C)cc(NC(=O)C2(C(=O)NCc3ccncc3)CC2)c1. The van der Waals surface area contributed by atoms with Gasteiger partial charge < -0.3 is 10.6 Å². The lowest BCUT2D eigenvalue weighted by Crippen LogP contribution is -2.39. The maximum atomic E-state index is 12.6. The van der Waals surface area contributed by atoms with E-state index in [-0.39, 0.29) is 11.8 Å². The topological polar surface area (TPSA) is 71.1 Å². The standard InChI is InChI=1S/C19H21N3O2/c1-13-9-14(2)11-16(10-13)22-18(24)19(5-6-19)17(23)21-12-15-3-7-20-8-4-15/h3-4,7-11H,5-6,12H2,1-2H3,(H,21,23)(H,22,24). The molecule has 3 rings (SSSR count). The van der Waals surface area contributed by atoms with E-state index in [9.17, 15) is 9.59 Å². The molecule has 5 nitrogen and oxygen atoms in total. The molecule has 0 unspecified atom stereocenters. The van der Waals surface area contributed by atoms with E-state index in [1.54, 1.807) is 12.4 Å². The number of carbonyl (C=O) groups is 2. The summed E-state index contributed by atoms with van der Waals surface area (Å²) in [6.07, 6.45) is 4.54. The molecular weight excluding hydrogens is 302 g/mol. The molecule has 0 atom stereocenters. The lowest BCUT2D eigenvalue weighted by Gasteiger charge is -2.16. The van der Waals surface area contributed by atoms with Crippen molar-refractivity contribution in [2.24, 2.45) is 5.41 Å². The van der Waals surface area contributed by atoms with Crippen molar-refractivity contribution >= 4 is 17.5 Å². The van der Waals surface area contributed by atoms with Crippen molar-refractivity contribution in [1.82, 2.24) is 10.3 Å². The number of hydrogen-bond acceptors (Lipinski definition) is 3. The maximum absolute atomic E-state index is 12.6. The van der Waals surface area contributed by atoms with E-state index >= 15 is 0 Å². The van der Waals surface area contributed by atoms with Crippen molar-refractivity contribution < 1.29 is 9.59 Å². The Labute approximate surface area is 141 Å². The lowest BCUT2D eigenvalue weighted by molar-refractivity contribution is -0.134. The molecule has 1 aliphatic rings. The predicted molar refractivity (Wildman–Crippen MR) is 92.3 cm³/mol. The average molecular weight is 323 g/mol. The minimum absolute atomic E-state index is 0.207. The summed E-state index contributed by atoms with van der Waals surface area (Å²) in [4.78, 5) is 29.0. The number of aryl methyl sites for hydroxylation is 2. The lowest BCUT2D eigenvalue weighted by atomic mass is 10.0. The van der Waals surface area contributed by atoms with Gasteiger partial charge in [0.05, 0.1) is 0 Å². The predicted octanol–water partition coefficient (Wildman–Crippen LogP) is 2.73. The van der Waals surface area contributed by atoms with E-state index in [1.165, 1.54) is 0 Å². The third-order valence-corrected chi connectivity index (χ3v) is 4.30. The number of hydrogen-bond donors (Lipinski definition) is 2. The molecule has 124 valence electrons. The molecule has 0 saturated heterocycles. The first-order valence-electron chi connectivity index (χ1n) is 8.06. The van der Waals surface area contributed by atoms with Gasteiger partial charge in [0, 0.05) is 24.6 Å². The number of anilines is 1. The zero-order valence-corrected chi connectivity index (χ0v) is 13.9. The van der Waals surface area contributed by atoms with Gasteiger partial charge in [0.2, 0.25) is 11.8 Å². The summed E-state index contributed by atoms with van der Waals surface area (Å²) >= 11 is 0. The molecule has 2 aromatic rings. The van der Waals surface area contributed by atoms with Crippen LogP contribution in [-0.4, -0.2) is 16.8 Å². The van der Waals surface area contributed by atoms with Crippen LogP contribution in [0.2, 0.25) is 0 Å². The molecule has 1 aromatic heterocycles. The second-order valence-corrected chi connectivity index (χ2v) is 6.45. The Hall–Kier alpha value is -2.69. The quantitative estimate of drug-likeness (QED) is 0.831. The van der Waals surface area contributed by atoms with Crippen LogP contribution in [0.3, 0.4) is 0 Å². The third kappa shape index (κ3) is 3.45. The number of rotatable bonds is 5. The molecule has 2 amide bonds. The summed E-state index contributed by atoms with van der Waals surface area (Å²) in [6.45, 7) is 4.37. The summed E-state index contributed by atoms with van der Waals surface area (Å²) < 4.78 is 0. The van der Waals surface area contributed by atoms with Crippen molar-refractivity contribution in [1.29, 1.82) is 0 Å². The molecule has 24 heavy (non-hydrogen) atoms. The summed E-state index contributed by atoms with van der Waals surface area (Å²) in [6, 6.07) is 9.56. The second-order valence-electron chi connectivity index (χ2n) is 6.45. The van der Waals surface area contributed by atoms with Crippen LogP contribution < -0.4 is 10.6 Å². The van der Waals surface area contributed by atoms with Gasteiger partial charge in [0.25, 0.3) is 0 Å². The van der Waals surface area contributed by atoms with Crippen LogP contribution in [0.4, 0.5) is 5.69 Å². The van der Waals surface area contributed by atoms with E-state index in [1.807, 2.05) is 44.2 Å². The van der Waals surface area contributed by atoms with Crippen molar-refractivity contribution in [3.05, 3.63) is 59.4 Å². The molecule has 1 aliphatic carbocycles.